The lowest BCUT2D eigenvalue weighted by Crippen LogP contribution is -2.29. The van der Waals surface area contributed by atoms with Crippen molar-refractivity contribution in [1.82, 2.24) is 4.47 Å². The average Bonchev–Trinajstić information content (AvgIpc) is 1.64. The summed E-state index contributed by atoms with van der Waals surface area (Å²) in [5, 5.41) is 9.69. The molecule has 8 heavy (non-hydrogen) atoms. The molecule has 0 aromatic heterocycles. The minimum absolute atomic E-state index is 0.824. The number of primary amides is 1. The van der Waals surface area contributed by atoms with Crippen molar-refractivity contribution < 1.29 is 18.4 Å². The Morgan fingerprint density at radius 3 is 1.88 bits per heavy atom. The van der Waals surface area contributed by atoms with E-state index in [2.05, 4.69) is 5.73 Å². The molecule has 2 amide bonds. The van der Waals surface area contributed by atoms with Crippen molar-refractivity contribution in [3.8, 4) is 0 Å². The van der Waals surface area contributed by atoms with E-state index in [1.807, 2.05) is 0 Å². The van der Waals surface area contributed by atoms with Gasteiger partial charge in [-0.15, -0.1) is 0 Å². The lowest BCUT2D eigenvalue weighted by atomic mass is 11.2. The van der Waals surface area contributed by atoms with E-state index in [1.54, 1.807) is 0 Å². The maximum absolute atomic E-state index is 9.69. The fourth-order valence-electron chi connectivity index (χ4n) is 0.0805. The molecule has 0 unspecified atom stereocenters. The second-order valence-electron chi connectivity index (χ2n) is 0.849. The lowest BCUT2D eigenvalue weighted by Gasteiger charge is -1.94. The Balaban J connectivity index is 4.04. The van der Waals surface area contributed by atoms with Crippen molar-refractivity contribution in [3.63, 3.8) is 0 Å². The monoisotopic (exact) mass is 139 g/mol. The molecule has 1 radical (unpaired) electrons. The van der Waals surface area contributed by atoms with Crippen LogP contribution in [0.15, 0.2) is 0 Å². The van der Waals surface area contributed by atoms with Crippen molar-refractivity contribution in [3.05, 3.63) is 0 Å². The van der Waals surface area contributed by atoms with Gasteiger partial charge in [0.2, 0.25) is 0 Å². The standard InChI is InChI=1S/CH3N2O4S/c2-1(4)3(5)8(6)7/h8H,(H2,2,4). The van der Waals surface area contributed by atoms with Crippen LogP contribution in [0.5, 0.6) is 0 Å². The fourth-order valence-corrected chi connectivity index (χ4v) is 0.241. The second-order valence-corrected chi connectivity index (χ2v) is 1.69. The lowest BCUT2D eigenvalue weighted by molar-refractivity contribution is -0.0246. The number of carbonyl (C=O) groups excluding carboxylic acids is 1. The third-order valence-corrected chi connectivity index (χ3v) is 0.831. The zero-order valence-corrected chi connectivity index (χ0v) is 4.50. The minimum Gasteiger partial charge on any atom is -0.349 e. The average molecular weight is 139 g/mol. The highest BCUT2D eigenvalue weighted by Crippen LogP contribution is 1.77. The topological polar surface area (TPSA) is 100 Å². The van der Waals surface area contributed by atoms with Gasteiger partial charge in [-0.25, -0.2) is 13.2 Å². The van der Waals surface area contributed by atoms with Gasteiger partial charge in [-0.2, -0.15) is 0 Å². The number of urea groups is 1. The van der Waals surface area contributed by atoms with Gasteiger partial charge in [0.25, 0.3) is 10.9 Å². The molecule has 7 heteroatoms. The number of thiol groups is 1. The van der Waals surface area contributed by atoms with Gasteiger partial charge in [0.15, 0.2) is 0 Å². The van der Waals surface area contributed by atoms with Crippen LogP contribution in [0, 0.1) is 0 Å². The number of nitrogens with zero attached hydrogens (tertiary/aromatic N) is 1. The van der Waals surface area contributed by atoms with Crippen molar-refractivity contribution in [2.75, 3.05) is 0 Å². The van der Waals surface area contributed by atoms with E-state index in [-0.39, 0.29) is 0 Å². The zero-order chi connectivity index (χ0) is 6.73. The van der Waals surface area contributed by atoms with Crippen LogP contribution < -0.4 is 5.73 Å². The van der Waals surface area contributed by atoms with Crippen molar-refractivity contribution >= 4 is 16.9 Å². The molecule has 0 bridgehead atoms. The Hall–Kier alpha value is -0.820. The molecule has 0 aliphatic heterocycles. The number of hydroxylamine groups is 1. The Morgan fingerprint density at radius 2 is 1.88 bits per heavy atom. The quantitative estimate of drug-likeness (QED) is 0.332. The highest BCUT2D eigenvalue weighted by atomic mass is 32.2. The van der Waals surface area contributed by atoms with E-state index in [1.165, 1.54) is 0 Å². The molecule has 47 valence electrons. The third kappa shape index (κ3) is 1.76. The first-order valence-electron chi connectivity index (χ1n) is 1.46. The van der Waals surface area contributed by atoms with Crippen molar-refractivity contribution in [2.45, 2.75) is 0 Å². The maximum Gasteiger partial charge on any atom is 0.355 e. The van der Waals surface area contributed by atoms with Gasteiger partial charge in [-0.1, -0.05) is 9.68 Å². The van der Waals surface area contributed by atoms with Crippen molar-refractivity contribution in [1.29, 1.82) is 0 Å². The van der Waals surface area contributed by atoms with Crippen LogP contribution in [0.4, 0.5) is 4.79 Å². The smallest absolute Gasteiger partial charge is 0.349 e. The van der Waals surface area contributed by atoms with Gasteiger partial charge in [0, 0.05) is 0 Å². The summed E-state index contributed by atoms with van der Waals surface area (Å²) in [6.07, 6.45) is 0. The van der Waals surface area contributed by atoms with E-state index in [4.69, 9.17) is 0 Å². The molecule has 2 N–H and O–H groups in total. The van der Waals surface area contributed by atoms with E-state index in [0.29, 0.717) is 0 Å². The van der Waals surface area contributed by atoms with Gasteiger partial charge in [0.05, 0.1) is 0 Å². The van der Waals surface area contributed by atoms with Crippen LogP contribution in [-0.2, 0) is 16.1 Å². The summed E-state index contributed by atoms with van der Waals surface area (Å²) < 4.78 is 18.2. The predicted molar refractivity (Wildman–Crippen MR) is 22.4 cm³/mol. The zero-order valence-electron chi connectivity index (χ0n) is 3.60. The van der Waals surface area contributed by atoms with Crippen LogP contribution in [0.1, 0.15) is 0 Å². The van der Waals surface area contributed by atoms with Crippen LogP contribution in [-0.4, -0.2) is 18.9 Å². The molecule has 0 fully saturated rings. The number of hydrogen-bond acceptors (Lipinski definition) is 3. The number of amides is 2. The summed E-state index contributed by atoms with van der Waals surface area (Å²) in [4.78, 5) is 9.59. The minimum atomic E-state index is -3.40. The number of rotatable bonds is 1. The van der Waals surface area contributed by atoms with Crippen molar-refractivity contribution in [2.24, 2.45) is 5.73 Å². The molecule has 0 rings (SSSR count). The number of carbonyl (C=O) groups is 1. The second kappa shape index (κ2) is 2.48. The van der Waals surface area contributed by atoms with E-state index in [9.17, 15) is 18.4 Å². The number of hydrogen-bond donors (Lipinski definition) is 2. The molecule has 0 aromatic carbocycles. The summed E-state index contributed by atoms with van der Waals surface area (Å²) >= 11 is 0. The molecular formula is CH3N2O4S. The molecule has 6 nitrogen and oxygen atoms in total. The van der Waals surface area contributed by atoms with E-state index in [0.717, 1.165) is 0 Å². The largest absolute Gasteiger partial charge is 0.355 e. The molecule has 0 saturated heterocycles. The first kappa shape index (κ1) is 7.18. The first-order valence-corrected chi connectivity index (χ1v) is 2.59. The fraction of sp³-hybridized carbons (Fsp3) is 0. The maximum atomic E-state index is 9.69. The number of nitrogens with two attached hydrogens (primary N) is 1. The predicted octanol–water partition coefficient (Wildman–Crippen LogP) is -1.76. The van der Waals surface area contributed by atoms with Crippen LogP contribution in [0.3, 0.4) is 0 Å². The van der Waals surface area contributed by atoms with Crippen LogP contribution in [0.25, 0.3) is 0 Å². The summed E-state index contributed by atoms with van der Waals surface area (Å²) in [5.41, 5.74) is 4.23. The molecule has 0 saturated carbocycles. The normalized spacial score (nSPS) is 9.25. The molecule has 0 spiro atoms. The van der Waals surface area contributed by atoms with Crippen LogP contribution >= 0.6 is 0 Å². The molecule has 0 aromatic rings. The summed E-state index contributed by atoms with van der Waals surface area (Å²) in [7, 11) is -3.40. The molecule has 0 atom stereocenters. The Labute approximate surface area is 46.5 Å². The first-order chi connectivity index (χ1) is 3.55. The SMILES string of the molecule is NC(=O)N([O])[SH](=O)=O. The van der Waals surface area contributed by atoms with Gasteiger partial charge < -0.3 is 5.73 Å². The third-order valence-electron chi connectivity index (χ3n) is 0.337. The summed E-state index contributed by atoms with van der Waals surface area (Å²) in [5.74, 6) is 0. The Kier molecular flexibility index (Phi) is 2.22. The molecule has 0 aliphatic rings. The molecular weight excluding hydrogens is 136 g/mol. The molecule has 0 aliphatic carbocycles. The van der Waals surface area contributed by atoms with E-state index < -0.39 is 21.4 Å². The highest BCUT2D eigenvalue weighted by Gasteiger charge is 2.07. The molecule has 0 heterocycles. The van der Waals surface area contributed by atoms with Gasteiger partial charge >= 0.3 is 6.03 Å². The summed E-state index contributed by atoms with van der Waals surface area (Å²) in [6.45, 7) is 0. The van der Waals surface area contributed by atoms with Gasteiger partial charge in [0.1, 0.15) is 0 Å². The van der Waals surface area contributed by atoms with Gasteiger partial charge in [-0.3, -0.25) is 0 Å². The Bertz CT molecular complexity index is 153. The van der Waals surface area contributed by atoms with E-state index >= 15 is 0 Å². The van der Waals surface area contributed by atoms with Gasteiger partial charge in [-0.05, 0) is 0 Å². The Morgan fingerprint density at radius 1 is 1.50 bits per heavy atom. The highest BCUT2D eigenvalue weighted by molar-refractivity contribution is 7.70. The van der Waals surface area contributed by atoms with Crippen LogP contribution in [0.2, 0.25) is 0 Å². The summed E-state index contributed by atoms with van der Waals surface area (Å²) in [6, 6.07) is -1.53.